The summed E-state index contributed by atoms with van der Waals surface area (Å²) < 4.78 is 50.9. The molecule has 0 unspecified atom stereocenters. The Bertz CT molecular complexity index is 355. The summed E-state index contributed by atoms with van der Waals surface area (Å²) in [5, 5.41) is 8.06. The van der Waals surface area contributed by atoms with Gasteiger partial charge in [-0.2, -0.15) is 8.78 Å². The lowest BCUT2D eigenvalue weighted by Crippen LogP contribution is -2.27. The van der Waals surface area contributed by atoms with Crippen LogP contribution in [-0.2, 0) is 10.7 Å². The highest BCUT2D eigenvalue weighted by atomic mass is 19.3. The molecule has 0 saturated carbocycles. The average Bonchev–Trinajstić information content (AvgIpc) is 2.02. The second-order valence-corrected chi connectivity index (χ2v) is 2.48. The first kappa shape index (κ1) is 10.5. The molecule has 14 heavy (non-hydrogen) atoms. The molecule has 0 radical (unpaired) electrons. The maximum Gasteiger partial charge on any atom is 0.379 e. The van der Waals surface area contributed by atoms with Gasteiger partial charge in [0.2, 0.25) is 0 Å². The van der Waals surface area contributed by atoms with Gasteiger partial charge in [-0.1, -0.05) is 6.07 Å². The van der Waals surface area contributed by atoms with Crippen LogP contribution in [0, 0.1) is 11.6 Å². The fourth-order valence-electron chi connectivity index (χ4n) is 0.905. The number of hydrogen-bond donors (Lipinski definition) is 1. The lowest BCUT2D eigenvalue weighted by molar-refractivity contribution is -0.167. The zero-order chi connectivity index (χ0) is 10.9. The van der Waals surface area contributed by atoms with E-state index in [0.29, 0.717) is 12.1 Å². The predicted octanol–water partition coefficient (Wildman–Crippen LogP) is 2.14. The van der Waals surface area contributed by atoms with Crippen molar-refractivity contribution in [3.05, 3.63) is 35.4 Å². The molecule has 1 rings (SSSR count). The van der Waals surface area contributed by atoms with E-state index in [1.807, 2.05) is 0 Å². The topological polar surface area (TPSA) is 37.3 Å². The van der Waals surface area contributed by atoms with E-state index in [0.717, 1.165) is 6.07 Å². The molecule has 0 bridgehead atoms. The van der Waals surface area contributed by atoms with Gasteiger partial charge in [0.25, 0.3) is 0 Å². The van der Waals surface area contributed by atoms with E-state index in [1.165, 1.54) is 0 Å². The van der Waals surface area contributed by atoms with Crippen LogP contribution in [0.5, 0.6) is 0 Å². The summed E-state index contributed by atoms with van der Waals surface area (Å²) in [4.78, 5) is 10.0. The molecule has 0 heterocycles. The van der Waals surface area contributed by atoms with Crippen LogP contribution in [0.3, 0.4) is 0 Å². The molecular formula is C8H4F4O2. The molecule has 2 nitrogen and oxygen atoms in total. The third-order valence-corrected chi connectivity index (χ3v) is 1.55. The number of benzene rings is 1. The van der Waals surface area contributed by atoms with Gasteiger partial charge in [-0.25, -0.2) is 13.6 Å². The highest BCUT2D eigenvalue weighted by Gasteiger charge is 2.45. The summed E-state index contributed by atoms with van der Waals surface area (Å²) in [6.07, 6.45) is 0. The van der Waals surface area contributed by atoms with Crippen LogP contribution >= 0.6 is 0 Å². The number of hydrogen-bond acceptors (Lipinski definition) is 1. The minimum atomic E-state index is -4.56. The third-order valence-electron chi connectivity index (χ3n) is 1.55. The Labute approximate surface area is 75.8 Å². The number of aliphatic carboxylic acids is 1. The zero-order valence-electron chi connectivity index (χ0n) is 6.60. The molecule has 0 saturated heterocycles. The van der Waals surface area contributed by atoms with Crippen LogP contribution < -0.4 is 0 Å². The summed E-state index contributed by atoms with van der Waals surface area (Å²) in [6, 6.07) is 2.00. The van der Waals surface area contributed by atoms with Crippen molar-refractivity contribution >= 4 is 5.97 Å². The minimum Gasteiger partial charge on any atom is -0.477 e. The quantitative estimate of drug-likeness (QED) is 0.756. The molecule has 1 aromatic rings. The van der Waals surface area contributed by atoms with E-state index in [-0.39, 0.29) is 0 Å². The Morgan fingerprint density at radius 1 is 1.21 bits per heavy atom. The number of carbonyl (C=O) groups is 1. The van der Waals surface area contributed by atoms with Gasteiger partial charge in [-0.05, 0) is 12.1 Å². The molecule has 76 valence electrons. The van der Waals surface area contributed by atoms with Gasteiger partial charge >= 0.3 is 11.9 Å². The van der Waals surface area contributed by atoms with Crippen molar-refractivity contribution < 1.29 is 27.5 Å². The molecule has 1 aromatic carbocycles. The van der Waals surface area contributed by atoms with E-state index >= 15 is 0 Å². The largest absolute Gasteiger partial charge is 0.477 e. The van der Waals surface area contributed by atoms with Crippen molar-refractivity contribution in [2.75, 3.05) is 0 Å². The Morgan fingerprint density at radius 3 is 2.00 bits per heavy atom. The highest BCUT2D eigenvalue weighted by Crippen LogP contribution is 2.32. The van der Waals surface area contributed by atoms with Crippen molar-refractivity contribution in [2.45, 2.75) is 5.92 Å². The van der Waals surface area contributed by atoms with Gasteiger partial charge in [-0.3, -0.25) is 0 Å². The molecule has 0 aliphatic rings. The molecule has 1 N–H and O–H groups in total. The molecule has 0 atom stereocenters. The molecular weight excluding hydrogens is 204 g/mol. The third kappa shape index (κ3) is 1.55. The van der Waals surface area contributed by atoms with Gasteiger partial charge in [0.05, 0.1) is 0 Å². The Hall–Kier alpha value is -1.59. The average molecular weight is 208 g/mol. The van der Waals surface area contributed by atoms with Crippen LogP contribution in [0.1, 0.15) is 5.56 Å². The standard InChI is InChI=1S/C8H4F4O2/c9-4-2-1-3-5(10)6(4)8(11,12)7(13)14/h1-3H,(H,13,14). The van der Waals surface area contributed by atoms with Crippen LogP contribution in [0.25, 0.3) is 0 Å². The van der Waals surface area contributed by atoms with Gasteiger partial charge in [0.1, 0.15) is 17.2 Å². The lowest BCUT2D eigenvalue weighted by atomic mass is 10.1. The SMILES string of the molecule is O=C(O)C(F)(F)c1c(F)cccc1F. The molecule has 0 aliphatic carbocycles. The predicted molar refractivity (Wildman–Crippen MR) is 37.9 cm³/mol. The van der Waals surface area contributed by atoms with Crippen molar-refractivity contribution in [1.29, 1.82) is 0 Å². The monoisotopic (exact) mass is 208 g/mol. The molecule has 6 heteroatoms. The highest BCUT2D eigenvalue weighted by molar-refractivity contribution is 5.77. The van der Waals surface area contributed by atoms with Crippen LogP contribution in [0.2, 0.25) is 0 Å². The maximum absolute atomic E-state index is 12.7. The number of halogens is 4. The number of rotatable bonds is 2. The zero-order valence-corrected chi connectivity index (χ0v) is 6.60. The number of carboxylic acids is 1. The second kappa shape index (κ2) is 3.28. The maximum atomic E-state index is 12.7. The molecule has 0 aliphatic heterocycles. The van der Waals surface area contributed by atoms with E-state index < -0.39 is 29.1 Å². The number of alkyl halides is 2. The molecule has 0 aromatic heterocycles. The van der Waals surface area contributed by atoms with Crippen LogP contribution in [0.15, 0.2) is 18.2 Å². The normalized spacial score (nSPS) is 11.4. The first-order valence-corrected chi connectivity index (χ1v) is 3.43. The van der Waals surface area contributed by atoms with E-state index in [9.17, 15) is 22.4 Å². The van der Waals surface area contributed by atoms with Gasteiger partial charge in [0.15, 0.2) is 0 Å². The molecule has 0 fully saturated rings. The van der Waals surface area contributed by atoms with Gasteiger partial charge in [0, 0.05) is 0 Å². The smallest absolute Gasteiger partial charge is 0.379 e. The second-order valence-electron chi connectivity index (χ2n) is 2.48. The summed E-state index contributed by atoms with van der Waals surface area (Å²) in [6.45, 7) is 0. The van der Waals surface area contributed by atoms with Gasteiger partial charge < -0.3 is 5.11 Å². The molecule has 0 amide bonds. The lowest BCUT2D eigenvalue weighted by Gasteiger charge is -2.12. The summed E-state index contributed by atoms with van der Waals surface area (Å²) in [5.41, 5.74) is -1.74. The van der Waals surface area contributed by atoms with E-state index in [1.54, 1.807) is 0 Å². The Balaban J connectivity index is 3.38. The first-order chi connectivity index (χ1) is 6.37. The van der Waals surface area contributed by atoms with Crippen molar-refractivity contribution in [3.8, 4) is 0 Å². The van der Waals surface area contributed by atoms with Crippen molar-refractivity contribution in [2.24, 2.45) is 0 Å². The summed E-state index contributed by atoms with van der Waals surface area (Å²) in [7, 11) is 0. The van der Waals surface area contributed by atoms with E-state index in [4.69, 9.17) is 5.11 Å². The first-order valence-electron chi connectivity index (χ1n) is 3.43. The van der Waals surface area contributed by atoms with Crippen molar-refractivity contribution in [3.63, 3.8) is 0 Å². The fourth-order valence-corrected chi connectivity index (χ4v) is 0.905. The fraction of sp³-hybridized carbons (Fsp3) is 0.125. The van der Waals surface area contributed by atoms with E-state index in [2.05, 4.69) is 0 Å². The number of carboxylic acid groups (broad SMARTS) is 1. The Kier molecular flexibility index (Phi) is 2.46. The summed E-state index contributed by atoms with van der Waals surface area (Å²) >= 11 is 0. The van der Waals surface area contributed by atoms with Crippen LogP contribution in [-0.4, -0.2) is 11.1 Å². The van der Waals surface area contributed by atoms with Crippen LogP contribution in [0.4, 0.5) is 17.6 Å². The van der Waals surface area contributed by atoms with Crippen molar-refractivity contribution in [1.82, 2.24) is 0 Å². The summed E-state index contributed by atoms with van der Waals surface area (Å²) in [5.74, 6) is -10.3. The van der Waals surface area contributed by atoms with Gasteiger partial charge in [-0.15, -0.1) is 0 Å². The molecule has 0 spiro atoms. The minimum absolute atomic E-state index is 0.565. The Morgan fingerprint density at radius 2 is 1.64 bits per heavy atom.